The van der Waals surface area contributed by atoms with Crippen molar-refractivity contribution in [3.63, 3.8) is 0 Å². The van der Waals surface area contributed by atoms with Gasteiger partial charge in [0, 0.05) is 6.54 Å². The van der Waals surface area contributed by atoms with E-state index < -0.39 is 0 Å². The number of carbonyl (C=O) groups is 2. The van der Waals surface area contributed by atoms with Gasteiger partial charge in [-0.1, -0.05) is 37.3 Å². The molecule has 4 nitrogen and oxygen atoms in total. The molecular weight excluding hydrogens is 252 g/mol. The smallest absolute Gasteiger partial charge is 0.246 e. The Balaban J connectivity index is 1.77. The molecule has 0 radical (unpaired) electrons. The fraction of sp³-hybridized carbons (Fsp3) is 0.500. The van der Waals surface area contributed by atoms with Crippen LogP contribution in [0.2, 0.25) is 0 Å². The molecule has 1 aromatic carbocycles. The molecule has 1 atom stereocenters. The lowest BCUT2D eigenvalue weighted by atomic mass is 10.1. The minimum Gasteiger partial charge on any atom is -0.297 e. The van der Waals surface area contributed by atoms with Crippen LogP contribution < -0.4 is 5.32 Å². The van der Waals surface area contributed by atoms with Crippen molar-refractivity contribution in [3.05, 3.63) is 35.9 Å². The quantitative estimate of drug-likeness (QED) is 0.635. The number of rotatable bonds is 6. The average molecular weight is 274 g/mol. The number of amides is 2. The summed E-state index contributed by atoms with van der Waals surface area (Å²) in [6.07, 6.45) is 3.58. The molecule has 20 heavy (non-hydrogen) atoms. The Bertz CT molecular complexity index is 459. The second kappa shape index (κ2) is 7.20. The Kier molecular flexibility index (Phi) is 5.30. The highest BCUT2D eigenvalue weighted by molar-refractivity contribution is 6.01. The van der Waals surface area contributed by atoms with Gasteiger partial charge in [0.05, 0.1) is 12.6 Å². The van der Waals surface area contributed by atoms with Crippen LogP contribution in [0.25, 0.3) is 0 Å². The van der Waals surface area contributed by atoms with E-state index in [1.807, 2.05) is 25.1 Å². The maximum atomic E-state index is 12.1. The lowest BCUT2D eigenvalue weighted by molar-refractivity contribution is -0.149. The van der Waals surface area contributed by atoms with E-state index in [0.717, 1.165) is 25.7 Å². The van der Waals surface area contributed by atoms with Crippen LogP contribution in [-0.2, 0) is 16.0 Å². The summed E-state index contributed by atoms with van der Waals surface area (Å²) in [6.45, 7) is 2.78. The minimum absolute atomic E-state index is 0.0662. The molecule has 1 heterocycles. The van der Waals surface area contributed by atoms with Gasteiger partial charge in [0.2, 0.25) is 11.8 Å². The van der Waals surface area contributed by atoms with E-state index in [1.54, 1.807) is 0 Å². The van der Waals surface area contributed by atoms with E-state index in [4.69, 9.17) is 0 Å². The molecule has 0 aliphatic carbocycles. The SMILES string of the molecule is CCC1NCC(=O)N(CCCCc2ccccc2)C1=O. The van der Waals surface area contributed by atoms with Gasteiger partial charge < -0.3 is 0 Å². The van der Waals surface area contributed by atoms with Crippen LogP contribution in [0.4, 0.5) is 0 Å². The van der Waals surface area contributed by atoms with Crippen LogP contribution in [0, 0.1) is 0 Å². The number of piperazine rings is 1. The number of nitrogens with zero attached hydrogens (tertiary/aromatic N) is 1. The normalized spacial score (nSPS) is 19.4. The molecule has 4 heteroatoms. The monoisotopic (exact) mass is 274 g/mol. The van der Waals surface area contributed by atoms with Gasteiger partial charge in [-0.05, 0) is 31.2 Å². The summed E-state index contributed by atoms with van der Waals surface area (Å²) in [5, 5.41) is 2.97. The predicted molar refractivity (Wildman–Crippen MR) is 78.2 cm³/mol. The summed E-state index contributed by atoms with van der Waals surface area (Å²) < 4.78 is 0. The second-order valence-corrected chi connectivity index (χ2v) is 5.17. The van der Waals surface area contributed by atoms with E-state index in [9.17, 15) is 9.59 Å². The number of aryl methyl sites for hydroxylation is 1. The van der Waals surface area contributed by atoms with E-state index in [1.165, 1.54) is 10.5 Å². The third kappa shape index (κ3) is 3.67. The molecule has 2 amide bonds. The third-order valence-corrected chi connectivity index (χ3v) is 3.71. The Morgan fingerprint density at radius 2 is 1.95 bits per heavy atom. The highest BCUT2D eigenvalue weighted by Gasteiger charge is 2.32. The summed E-state index contributed by atoms with van der Waals surface area (Å²) in [4.78, 5) is 25.3. The van der Waals surface area contributed by atoms with Crippen molar-refractivity contribution in [2.24, 2.45) is 0 Å². The molecule has 1 unspecified atom stereocenters. The van der Waals surface area contributed by atoms with Crippen molar-refractivity contribution in [1.82, 2.24) is 10.2 Å². The van der Waals surface area contributed by atoms with E-state index in [-0.39, 0.29) is 24.4 Å². The van der Waals surface area contributed by atoms with Crippen molar-refractivity contribution >= 4 is 11.8 Å². The average Bonchev–Trinajstić information content (AvgIpc) is 2.47. The van der Waals surface area contributed by atoms with E-state index in [0.29, 0.717) is 6.54 Å². The molecule has 0 saturated carbocycles. The summed E-state index contributed by atoms with van der Waals surface area (Å²) in [7, 11) is 0. The van der Waals surface area contributed by atoms with E-state index >= 15 is 0 Å². The zero-order chi connectivity index (χ0) is 14.4. The zero-order valence-corrected chi connectivity index (χ0v) is 12.0. The summed E-state index contributed by atoms with van der Waals surface area (Å²) in [5.74, 6) is -0.164. The number of unbranched alkanes of at least 4 members (excludes halogenated alkanes) is 1. The highest BCUT2D eigenvalue weighted by atomic mass is 16.2. The Morgan fingerprint density at radius 1 is 1.20 bits per heavy atom. The van der Waals surface area contributed by atoms with Crippen LogP contribution in [0.5, 0.6) is 0 Å². The Labute approximate surface area is 120 Å². The summed E-state index contributed by atoms with van der Waals surface area (Å²) in [6, 6.07) is 10.1. The number of hydrogen-bond donors (Lipinski definition) is 1. The number of carbonyl (C=O) groups excluding carboxylic acids is 2. The topological polar surface area (TPSA) is 49.4 Å². The molecule has 1 N–H and O–H groups in total. The van der Waals surface area contributed by atoms with Crippen molar-refractivity contribution < 1.29 is 9.59 Å². The Hall–Kier alpha value is -1.68. The van der Waals surface area contributed by atoms with Crippen LogP contribution in [0.15, 0.2) is 30.3 Å². The first-order valence-electron chi connectivity index (χ1n) is 7.34. The fourth-order valence-corrected chi connectivity index (χ4v) is 2.50. The first-order chi connectivity index (χ1) is 9.72. The molecule has 108 valence electrons. The molecular formula is C16H22N2O2. The number of benzene rings is 1. The van der Waals surface area contributed by atoms with Gasteiger partial charge in [-0.2, -0.15) is 0 Å². The number of imide groups is 1. The van der Waals surface area contributed by atoms with Crippen LogP contribution >= 0.6 is 0 Å². The maximum Gasteiger partial charge on any atom is 0.246 e. The van der Waals surface area contributed by atoms with Crippen molar-refractivity contribution in [1.29, 1.82) is 0 Å². The van der Waals surface area contributed by atoms with Gasteiger partial charge in [-0.3, -0.25) is 19.8 Å². The number of nitrogens with one attached hydrogen (secondary N) is 1. The fourth-order valence-electron chi connectivity index (χ4n) is 2.50. The van der Waals surface area contributed by atoms with Gasteiger partial charge >= 0.3 is 0 Å². The lowest BCUT2D eigenvalue weighted by Gasteiger charge is -2.31. The van der Waals surface area contributed by atoms with Gasteiger partial charge in [0.25, 0.3) is 0 Å². The molecule has 0 aromatic heterocycles. The minimum atomic E-state index is -0.193. The van der Waals surface area contributed by atoms with Gasteiger partial charge in [0.15, 0.2) is 0 Å². The summed E-state index contributed by atoms with van der Waals surface area (Å²) >= 11 is 0. The van der Waals surface area contributed by atoms with E-state index in [2.05, 4.69) is 17.4 Å². The lowest BCUT2D eigenvalue weighted by Crippen LogP contribution is -2.57. The first kappa shape index (κ1) is 14.7. The largest absolute Gasteiger partial charge is 0.297 e. The third-order valence-electron chi connectivity index (χ3n) is 3.71. The molecule has 1 aromatic rings. The van der Waals surface area contributed by atoms with Crippen LogP contribution in [-0.4, -0.2) is 35.8 Å². The van der Waals surface area contributed by atoms with Gasteiger partial charge in [0.1, 0.15) is 0 Å². The molecule has 2 rings (SSSR count). The second-order valence-electron chi connectivity index (χ2n) is 5.17. The molecule has 0 spiro atoms. The molecule has 1 fully saturated rings. The molecule has 0 bridgehead atoms. The highest BCUT2D eigenvalue weighted by Crippen LogP contribution is 2.09. The van der Waals surface area contributed by atoms with Gasteiger partial charge in [-0.15, -0.1) is 0 Å². The molecule has 1 aliphatic heterocycles. The van der Waals surface area contributed by atoms with Gasteiger partial charge in [-0.25, -0.2) is 0 Å². The van der Waals surface area contributed by atoms with Crippen LogP contribution in [0.3, 0.4) is 0 Å². The molecule has 1 saturated heterocycles. The van der Waals surface area contributed by atoms with Crippen molar-refractivity contribution in [2.45, 2.75) is 38.6 Å². The van der Waals surface area contributed by atoms with Crippen molar-refractivity contribution in [3.8, 4) is 0 Å². The Morgan fingerprint density at radius 3 is 2.65 bits per heavy atom. The predicted octanol–water partition coefficient (Wildman–Crippen LogP) is 1.75. The zero-order valence-electron chi connectivity index (χ0n) is 12.0. The van der Waals surface area contributed by atoms with Crippen molar-refractivity contribution in [2.75, 3.05) is 13.1 Å². The first-order valence-corrected chi connectivity index (χ1v) is 7.34. The standard InChI is InChI=1S/C16H22N2O2/c1-2-14-16(20)18(15(19)12-17-14)11-7-6-10-13-8-4-3-5-9-13/h3-5,8-9,14,17H,2,6-7,10-12H2,1H3. The molecule has 1 aliphatic rings. The maximum absolute atomic E-state index is 12.1. The van der Waals surface area contributed by atoms with Crippen LogP contribution in [0.1, 0.15) is 31.7 Å². The number of hydrogen-bond acceptors (Lipinski definition) is 3. The summed E-state index contributed by atoms with van der Waals surface area (Å²) in [5.41, 5.74) is 1.30.